The summed E-state index contributed by atoms with van der Waals surface area (Å²) in [6.07, 6.45) is -3.52. The first-order chi connectivity index (χ1) is 4.66. The van der Waals surface area contributed by atoms with E-state index in [-0.39, 0.29) is 0 Å². The molecule has 0 N–H and O–H groups in total. The molecule has 0 spiro atoms. The highest BCUT2D eigenvalue weighted by molar-refractivity contribution is 6.68. The van der Waals surface area contributed by atoms with Gasteiger partial charge in [0.05, 0.1) is 0 Å². The van der Waals surface area contributed by atoms with Crippen molar-refractivity contribution < 1.29 is 13.2 Å². The van der Waals surface area contributed by atoms with E-state index in [4.69, 9.17) is 0 Å². The van der Waals surface area contributed by atoms with E-state index < -0.39 is 9.97 Å². The average molecular weight is 231 g/mol. The molecule has 0 aliphatic carbocycles. The molecule has 0 saturated carbocycles. The van der Waals surface area contributed by atoms with Gasteiger partial charge in [-0.1, -0.05) is 55.1 Å². The molecule has 0 aromatic rings. The van der Waals surface area contributed by atoms with Crippen LogP contribution in [-0.2, 0) is 0 Å². The Balaban J connectivity index is 0. The van der Waals surface area contributed by atoms with E-state index in [0.29, 0.717) is 0 Å². The van der Waals surface area contributed by atoms with Crippen LogP contribution in [0, 0.1) is 0 Å². The number of rotatable bonds is 0. The van der Waals surface area contributed by atoms with E-state index in [1.54, 1.807) is 0 Å². The van der Waals surface area contributed by atoms with Gasteiger partial charge in [0.25, 0.3) is 3.79 Å². The van der Waals surface area contributed by atoms with E-state index in [0.717, 1.165) is 0 Å². The Morgan fingerprint density at radius 1 is 1.00 bits per heavy atom. The van der Waals surface area contributed by atoms with E-state index >= 15 is 0 Å². The van der Waals surface area contributed by atoms with Crippen molar-refractivity contribution in [1.82, 2.24) is 0 Å². The van der Waals surface area contributed by atoms with Crippen LogP contribution in [0.15, 0.2) is 0 Å². The molecule has 0 fully saturated rings. The molecule has 11 heavy (non-hydrogen) atoms. The van der Waals surface area contributed by atoms with Gasteiger partial charge >= 0.3 is 6.18 Å². The monoisotopic (exact) mass is 230 g/mol. The van der Waals surface area contributed by atoms with Crippen molar-refractivity contribution in [1.29, 1.82) is 0 Å². The van der Waals surface area contributed by atoms with E-state index in [9.17, 15) is 13.2 Å². The second-order valence-corrected chi connectivity index (χ2v) is 3.98. The van der Waals surface area contributed by atoms with E-state index in [2.05, 4.69) is 48.7 Å². The normalized spacial score (nSPS) is 12.0. The van der Waals surface area contributed by atoms with Crippen LogP contribution >= 0.6 is 34.8 Å². The van der Waals surface area contributed by atoms with Crippen molar-refractivity contribution in [3.8, 4) is 0 Å². The number of hydrogen-bond acceptors (Lipinski definition) is 0. The van der Waals surface area contributed by atoms with Gasteiger partial charge in [0.15, 0.2) is 0 Å². The van der Waals surface area contributed by atoms with Crippen LogP contribution in [-0.4, -0.2) is 9.97 Å². The Morgan fingerprint density at radius 2 is 1.09 bits per heavy atom. The number of hydrogen-bond donors (Lipinski definition) is 0. The summed E-state index contributed by atoms with van der Waals surface area (Å²) in [5.41, 5.74) is 0. The molecule has 0 aliphatic rings. The van der Waals surface area contributed by atoms with Crippen LogP contribution in [0.5, 0.6) is 0 Å². The Bertz CT molecular complexity index is 82.1. The standard InChI is InChI=1S/C3H8.C2Cl3F3/c1-3-2;3-1(4,5)2(6,7)8/h3H2,1-2H3;. The third-order valence-electron chi connectivity index (χ3n) is 0.321. The minimum absolute atomic E-state index is 1.25. The molecule has 0 aromatic heterocycles. The van der Waals surface area contributed by atoms with Gasteiger partial charge in [-0.2, -0.15) is 13.2 Å². The quantitative estimate of drug-likeness (QED) is 0.544. The predicted molar refractivity (Wildman–Crippen MR) is 42.3 cm³/mol. The fourth-order valence-electron chi connectivity index (χ4n) is 0. The lowest BCUT2D eigenvalue weighted by Gasteiger charge is -2.13. The van der Waals surface area contributed by atoms with Crippen LogP contribution in [0.3, 0.4) is 0 Å². The molecular weight excluding hydrogens is 223 g/mol. The molecule has 0 amide bonds. The van der Waals surface area contributed by atoms with Crippen molar-refractivity contribution in [2.75, 3.05) is 0 Å². The molecule has 0 nitrogen and oxygen atoms in total. The maximum Gasteiger partial charge on any atom is 0.435 e. The molecule has 0 aliphatic heterocycles. The molecule has 6 heteroatoms. The van der Waals surface area contributed by atoms with Crippen molar-refractivity contribution in [2.45, 2.75) is 30.2 Å². The summed E-state index contributed by atoms with van der Waals surface area (Å²) in [4.78, 5) is 0. The molecule has 70 valence electrons. The zero-order chi connectivity index (χ0) is 9.71. The maximum absolute atomic E-state index is 11.2. The molecule has 0 unspecified atom stereocenters. The Morgan fingerprint density at radius 3 is 1.09 bits per heavy atom. The van der Waals surface area contributed by atoms with Gasteiger partial charge in [-0.3, -0.25) is 0 Å². The first-order valence-corrected chi connectivity index (χ1v) is 3.93. The Kier molecular flexibility index (Phi) is 6.88. The third kappa shape index (κ3) is 8.57. The summed E-state index contributed by atoms with van der Waals surface area (Å²) >= 11 is 13.2. The lowest BCUT2D eigenvalue weighted by molar-refractivity contribution is -0.124. The Labute approximate surface area is 78.6 Å². The lowest BCUT2D eigenvalue weighted by atomic mass is 10.6. The summed E-state index contributed by atoms with van der Waals surface area (Å²) in [6.45, 7) is 4.25. The SMILES string of the molecule is CCC.FC(F)(F)C(Cl)(Cl)Cl. The van der Waals surface area contributed by atoms with Crippen LogP contribution < -0.4 is 0 Å². The zero-order valence-corrected chi connectivity index (χ0v) is 8.24. The minimum atomic E-state index is -4.77. The first kappa shape index (κ1) is 14.2. The number of alkyl halides is 6. The highest BCUT2D eigenvalue weighted by Crippen LogP contribution is 2.42. The molecule has 0 heterocycles. The largest absolute Gasteiger partial charge is 0.435 e. The van der Waals surface area contributed by atoms with Gasteiger partial charge in [0.1, 0.15) is 0 Å². The fourth-order valence-corrected chi connectivity index (χ4v) is 0. The van der Waals surface area contributed by atoms with Crippen molar-refractivity contribution >= 4 is 34.8 Å². The molecule has 0 bridgehead atoms. The maximum atomic E-state index is 11.2. The molecule has 0 aromatic carbocycles. The van der Waals surface area contributed by atoms with E-state index in [1.807, 2.05) is 0 Å². The van der Waals surface area contributed by atoms with Crippen LogP contribution in [0.1, 0.15) is 20.3 Å². The van der Waals surface area contributed by atoms with Gasteiger partial charge in [-0.25, -0.2) is 0 Å². The Hall–Kier alpha value is 0.660. The molecular formula is C5H8Cl3F3. The highest BCUT2D eigenvalue weighted by atomic mass is 35.6. The summed E-state index contributed by atoms with van der Waals surface area (Å²) in [7, 11) is 0. The number of halogens is 6. The van der Waals surface area contributed by atoms with Gasteiger partial charge in [-0.05, 0) is 0 Å². The fraction of sp³-hybridized carbons (Fsp3) is 1.00. The zero-order valence-electron chi connectivity index (χ0n) is 5.97. The first-order valence-electron chi connectivity index (χ1n) is 2.80. The molecule has 0 rings (SSSR count). The highest BCUT2D eigenvalue weighted by Gasteiger charge is 2.51. The summed E-state index contributed by atoms with van der Waals surface area (Å²) in [6, 6.07) is 0. The van der Waals surface area contributed by atoms with Crippen molar-refractivity contribution in [3.05, 3.63) is 0 Å². The topological polar surface area (TPSA) is 0 Å². The van der Waals surface area contributed by atoms with Crippen LogP contribution in [0.4, 0.5) is 13.2 Å². The van der Waals surface area contributed by atoms with Crippen molar-refractivity contribution in [3.63, 3.8) is 0 Å². The predicted octanol–water partition coefficient (Wildman–Crippen LogP) is 4.34. The third-order valence-corrected chi connectivity index (χ3v) is 0.964. The average Bonchev–Trinajstić information content (AvgIpc) is 1.60. The molecule has 0 radical (unpaired) electrons. The van der Waals surface area contributed by atoms with E-state index in [1.165, 1.54) is 6.42 Å². The smallest absolute Gasteiger partial charge is 0.166 e. The molecule has 0 atom stereocenters. The minimum Gasteiger partial charge on any atom is -0.166 e. The van der Waals surface area contributed by atoms with Gasteiger partial charge in [0, 0.05) is 0 Å². The van der Waals surface area contributed by atoms with Crippen molar-refractivity contribution in [2.24, 2.45) is 0 Å². The van der Waals surface area contributed by atoms with Gasteiger partial charge < -0.3 is 0 Å². The second kappa shape index (κ2) is 5.33. The van der Waals surface area contributed by atoms with Gasteiger partial charge in [0.2, 0.25) is 0 Å². The van der Waals surface area contributed by atoms with Crippen LogP contribution in [0.25, 0.3) is 0 Å². The van der Waals surface area contributed by atoms with Gasteiger partial charge in [-0.15, -0.1) is 0 Å². The van der Waals surface area contributed by atoms with Crippen LogP contribution in [0.2, 0.25) is 0 Å². The summed E-state index contributed by atoms with van der Waals surface area (Å²) in [5, 5.41) is 0. The molecule has 0 saturated heterocycles. The lowest BCUT2D eigenvalue weighted by Crippen LogP contribution is -2.27. The summed E-state index contributed by atoms with van der Waals surface area (Å²) < 4.78 is 30.4. The summed E-state index contributed by atoms with van der Waals surface area (Å²) in [5.74, 6) is 0. The second-order valence-electron chi connectivity index (χ2n) is 1.70.